The molecule has 0 spiro atoms. The fourth-order valence-corrected chi connectivity index (χ4v) is 0.882. The topological polar surface area (TPSA) is 69.7 Å². The molecule has 0 amide bonds. The second-order valence-corrected chi connectivity index (χ2v) is 2.43. The Labute approximate surface area is 88.0 Å². The number of rotatable bonds is 3. The standard InChI is InChI=1S/C8H10O5.C2H6/c1-3-6-7(4-11-5(2)9)13-8(10)12-6;1-2/h3-4H2,1-2H3;1-2H3. The Hall–Kier alpha value is -1.52. The molecule has 15 heavy (non-hydrogen) atoms. The molecule has 0 aliphatic carbocycles. The third-order valence-electron chi connectivity index (χ3n) is 1.45. The van der Waals surface area contributed by atoms with Crippen LogP contribution >= 0.6 is 0 Å². The molecule has 0 aliphatic heterocycles. The summed E-state index contributed by atoms with van der Waals surface area (Å²) in [6, 6.07) is 0. The van der Waals surface area contributed by atoms with Gasteiger partial charge in [-0.2, -0.15) is 0 Å². The molecule has 0 atom stereocenters. The zero-order chi connectivity index (χ0) is 11.8. The first kappa shape index (κ1) is 13.5. The summed E-state index contributed by atoms with van der Waals surface area (Å²) in [6.45, 7) is 7.04. The summed E-state index contributed by atoms with van der Waals surface area (Å²) in [5.41, 5.74) is 0. The van der Waals surface area contributed by atoms with Crippen LogP contribution < -0.4 is 5.82 Å². The highest BCUT2D eigenvalue weighted by Gasteiger charge is 2.11. The van der Waals surface area contributed by atoms with Gasteiger partial charge in [-0.3, -0.25) is 4.79 Å². The first-order valence-electron chi connectivity index (χ1n) is 4.88. The summed E-state index contributed by atoms with van der Waals surface area (Å²) >= 11 is 0. The van der Waals surface area contributed by atoms with Crippen LogP contribution in [0.15, 0.2) is 13.6 Å². The second kappa shape index (κ2) is 6.86. The van der Waals surface area contributed by atoms with Gasteiger partial charge in [0.2, 0.25) is 0 Å². The number of hydrogen-bond acceptors (Lipinski definition) is 5. The number of carbonyl (C=O) groups is 1. The lowest BCUT2D eigenvalue weighted by atomic mass is 10.3. The summed E-state index contributed by atoms with van der Waals surface area (Å²) in [7, 11) is 0. The summed E-state index contributed by atoms with van der Waals surface area (Å²) < 4.78 is 14.0. The Morgan fingerprint density at radius 2 is 1.80 bits per heavy atom. The molecule has 1 rings (SSSR count). The Bertz CT molecular complexity index is 347. The van der Waals surface area contributed by atoms with E-state index in [-0.39, 0.29) is 12.4 Å². The highest BCUT2D eigenvalue weighted by Crippen LogP contribution is 2.08. The first-order chi connectivity index (χ1) is 7.13. The number of esters is 1. The van der Waals surface area contributed by atoms with Gasteiger partial charge in [0.25, 0.3) is 0 Å². The third kappa shape index (κ3) is 4.49. The van der Waals surface area contributed by atoms with Gasteiger partial charge in [-0.25, -0.2) is 4.79 Å². The Morgan fingerprint density at radius 3 is 2.27 bits per heavy atom. The van der Waals surface area contributed by atoms with Crippen LogP contribution in [0, 0.1) is 0 Å². The molecule has 0 bridgehead atoms. The molecule has 0 saturated carbocycles. The second-order valence-electron chi connectivity index (χ2n) is 2.43. The van der Waals surface area contributed by atoms with Crippen molar-refractivity contribution in [3.63, 3.8) is 0 Å². The van der Waals surface area contributed by atoms with Gasteiger partial charge < -0.3 is 13.6 Å². The molecule has 86 valence electrons. The number of aryl methyl sites for hydroxylation is 1. The highest BCUT2D eigenvalue weighted by molar-refractivity contribution is 5.65. The van der Waals surface area contributed by atoms with Gasteiger partial charge in [0.1, 0.15) is 0 Å². The van der Waals surface area contributed by atoms with Crippen molar-refractivity contribution in [3.05, 3.63) is 22.1 Å². The van der Waals surface area contributed by atoms with E-state index in [1.807, 2.05) is 20.8 Å². The number of ether oxygens (including phenoxy) is 1. The van der Waals surface area contributed by atoms with Gasteiger partial charge in [0, 0.05) is 13.3 Å². The zero-order valence-electron chi connectivity index (χ0n) is 9.46. The van der Waals surface area contributed by atoms with Gasteiger partial charge in [-0.1, -0.05) is 20.8 Å². The molecule has 0 radical (unpaired) electrons. The molecule has 5 nitrogen and oxygen atoms in total. The van der Waals surface area contributed by atoms with E-state index in [4.69, 9.17) is 0 Å². The quantitative estimate of drug-likeness (QED) is 0.721. The van der Waals surface area contributed by atoms with Crippen molar-refractivity contribution < 1.29 is 18.4 Å². The third-order valence-corrected chi connectivity index (χ3v) is 1.45. The van der Waals surface area contributed by atoms with Crippen LogP contribution in [0.25, 0.3) is 0 Å². The van der Waals surface area contributed by atoms with Crippen molar-refractivity contribution in [2.75, 3.05) is 0 Å². The molecular weight excluding hydrogens is 200 g/mol. The largest absolute Gasteiger partial charge is 0.519 e. The minimum atomic E-state index is -0.765. The predicted octanol–water partition coefficient (Wildman–Crippen LogP) is 1.88. The average molecular weight is 216 g/mol. The molecule has 1 heterocycles. The smallest absolute Gasteiger partial charge is 0.458 e. The summed E-state index contributed by atoms with van der Waals surface area (Å²) in [5, 5.41) is 0. The van der Waals surface area contributed by atoms with Crippen LogP contribution in [0.3, 0.4) is 0 Å². The van der Waals surface area contributed by atoms with Crippen molar-refractivity contribution in [3.8, 4) is 0 Å². The maximum Gasteiger partial charge on any atom is 0.519 e. The maximum atomic E-state index is 10.6. The van der Waals surface area contributed by atoms with Crippen molar-refractivity contribution in [1.29, 1.82) is 0 Å². The van der Waals surface area contributed by atoms with E-state index >= 15 is 0 Å². The molecule has 0 aliphatic rings. The molecule has 0 aromatic carbocycles. The zero-order valence-corrected chi connectivity index (χ0v) is 9.46. The molecule has 0 fully saturated rings. The van der Waals surface area contributed by atoms with Crippen molar-refractivity contribution >= 4 is 5.97 Å². The minimum absolute atomic E-state index is 0.0513. The van der Waals surface area contributed by atoms with Gasteiger partial charge in [-0.05, 0) is 0 Å². The molecule has 1 aromatic rings. The van der Waals surface area contributed by atoms with Crippen LogP contribution in [-0.2, 0) is 22.6 Å². The normalized spacial score (nSPS) is 9.07. The average Bonchev–Trinajstić information content (AvgIpc) is 2.59. The van der Waals surface area contributed by atoms with Crippen molar-refractivity contribution in [2.45, 2.75) is 40.7 Å². The van der Waals surface area contributed by atoms with E-state index in [1.165, 1.54) is 6.92 Å². The Balaban J connectivity index is 0.000000921. The predicted molar refractivity (Wildman–Crippen MR) is 53.4 cm³/mol. The summed E-state index contributed by atoms with van der Waals surface area (Å²) in [5.74, 6) is -0.487. The Kier molecular flexibility index (Phi) is 6.17. The van der Waals surface area contributed by atoms with Crippen LogP contribution in [-0.4, -0.2) is 5.97 Å². The van der Waals surface area contributed by atoms with E-state index in [9.17, 15) is 9.59 Å². The van der Waals surface area contributed by atoms with E-state index < -0.39 is 11.8 Å². The molecule has 0 unspecified atom stereocenters. The van der Waals surface area contributed by atoms with Crippen LogP contribution in [0.4, 0.5) is 0 Å². The van der Waals surface area contributed by atoms with Crippen LogP contribution in [0.1, 0.15) is 39.2 Å². The molecule has 0 N–H and O–H groups in total. The van der Waals surface area contributed by atoms with E-state index in [1.54, 1.807) is 0 Å². The monoisotopic (exact) mass is 216 g/mol. The van der Waals surface area contributed by atoms with E-state index in [0.29, 0.717) is 12.2 Å². The minimum Gasteiger partial charge on any atom is -0.458 e. The van der Waals surface area contributed by atoms with Crippen LogP contribution in [0.2, 0.25) is 0 Å². The maximum absolute atomic E-state index is 10.6. The lowest BCUT2D eigenvalue weighted by Gasteiger charge is -1.97. The van der Waals surface area contributed by atoms with E-state index in [0.717, 1.165) is 0 Å². The fraction of sp³-hybridized carbons (Fsp3) is 0.600. The molecule has 0 saturated heterocycles. The van der Waals surface area contributed by atoms with Gasteiger partial charge in [0.15, 0.2) is 18.1 Å². The molecule has 5 heteroatoms. The van der Waals surface area contributed by atoms with Crippen molar-refractivity contribution in [2.24, 2.45) is 0 Å². The Morgan fingerprint density at radius 1 is 1.27 bits per heavy atom. The number of carbonyl (C=O) groups excluding carboxylic acids is 1. The van der Waals surface area contributed by atoms with Crippen LogP contribution in [0.5, 0.6) is 0 Å². The van der Waals surface area contributed by atoms with Crippen molar-refractivity contribution in [1.82, 2.24) is 0 Å². The fourth-order valence-electron chi connectivity index (χ4n) is 0.882. The first-order valence-corrected chi connectivity index (χ1v) is 4.88. The number of hydrogen-bond donors (Lipinski definition) is 0. The van der Waals surface area contributed by atoms with Gasteiger partial charge >= 0.3 is 11.8 Å². The summed E-state index contributed by atoms with van der Waals surface area (Å²) in [6.07, 6.45) is 0.530. The van der Waals surface area contributed by atoms with Gasteiger partial charge in [0.05, 0.1) is 0 Å². The molecular formula is C10H16O5. The van der Waals surface area contributed by atoms with Gasteiger partial charge in [-0.15, -0.1) is 0 Å². The highest BCUT2D eigenvalue weighted by atomic mass is 16.6. The SMILES string of the molecule is CC.CCc1oc(=O)oc1COC(C)=O. The summed E-state index contributed by atoms with van der Waals surface area (Å²) in [4.78, 5) is 21.1. The lowest BCUT2D eigenvalue weighted by Crippen LogP contribution is -1.99. The van der Waals surface area contributed by atoms with E-state index in [2.05, 4.69) is 13.6 Å². The lowest BCUT2D eigenvalue weighted by molar-refractivity contribution is -0.142. The molecule has 1 aromatic heterocycles.